The van der Waals surface area contributed by atoms with Gasteiger partial charge < -0.3 is 0 Å². The predicted molar refractivity (Wildman–Crippen MR) is 38.4 cm³/mol. The minimum Gasteiger partial charge on any atom is -0.276 e. The maximum Gasteiger partial charge on any atom is 0.180 e. The third kappa shape index (κ3) is 1.14. The number of hydrogen-bond donors (Lipinski definition) is 0. The molecule has 4 heteroatoms. The zero-order valence-corrected chi connectivity index (χ0v) is 5.81. The van der Waals surface area contributed by atoms with Crippen molar-refractivity contribution in [3.63, 3.8) is 0 Å². The molecule has 0 amide bonds. The first-order chi connectivity index (χ1) is 5.47. The third-order valence-electron chi connectivity index (χ3n) is 1.34. The van der Waals surface area contributed by atoms with Gasteiger partial charge in [0.05, 0.1) is 12.7 Å². The zero-order chi connectivity index (χ0) is 7.52. The third-order valence-corrected chi connectivity index (χ3v) is 1.34. The van der Waals surface area contributed by atoms with Crippen LogP contribution in [0.3, 0.4) is 0 Å². The van der Waals surface area contributed by atoms with Gasteiger partial charge in [-0.3, -0.25) is 4.99 Å². The van der Waals surface area contributed by atoms with Gasteiger partial charge in [0.1, 0.15) is 11.7 Å². The summed E-state index contributed by atoms with van der Waals surface area (Å²) >= 11 is 0. The summed E-state index contributed by atoms with van der Waals surface area (Å²) in [4.78, 5) is 16.0. The molecule has 0 N–H and O–H groups in total. The van der Waals surface area contributed by atoms with Crippen LogP contribution in [0.25, 0.3) is 0 Å². The first-order valence-electron chi connectivity index (χ1n) is 3.30. The fourth-order valence-corrected chi connectivity index (χ4v) is 0.848. The molecule has 4 nitrogen and oxygen atoms in total. The average Bonchev–Trinajstić information content (AvgIpc) is 2.28. The van der Waals surface area contributed by atoms with Crippen LogP contribution in [-0.2, 0) is 0 Å². The molecule has 1 aliphatic rings. The summed E-state index contributed by atoms with van der Waals surface area (Å²) in [5, 5.41) is 0.762. The second-order valence-electron chi connectivity index (χ2n) is 2.09. The minimum atomic E-state index is 0.647. The van der Waals surface area contributed by atoms with Crippen molar-refractivity contribution in [2.45, 2.75) is 0 Å². The van der Waals surface area contributed by atoms with E-state index in [-0.39, 0.29) is 0 Å². The second-order valence-corrected chi connectivity index (χ2v) is 2.09. The van der Waals surface area contributed by atoms with Crippen LogP contribution in [0.1, 0.15) is 0 Å². The summed E-state index contributed by atoms with van der Waals surface area (Å²) in [6.45, 7) is 0.657. The quantitative estimate of drug-likeness (QED) is 0.483. The summed E-state index contributed by atoms with van der Waals surface area (Å²) in [6, 6.07) is 0. The number of fused-ring (bicyclic) bond motifs is 1. The molecule has 0 aromatic carbocycles. The van der Waals surface area contributed by atoms with E-state index < -0.39 is 0 Å². The molecular weight excluding hydrogens is 140 g/mol. The van der Waals surface area contributed by atoms with Crippen LogP contribution in [-0.4, -0.2) is 16.5 Å². The lowest BCUT2D eigenvalue weighted by molar-refractivity contribution is 0.996. The van der Waals surface area contributed by atoms with E-state index >= 15 is 0 Å². The first kappa shape index (κ1) is 6.15. The number of rotatable bonds is 0. The lowest BCUT2D eigenvalue weighted by Gasteiger charge is -1.82. The molecule has 2 heterocycles. The highest BCUT2D eigenvalue weighted by Gasteiger charge is 1.89. The van der Waals surface area contributed by atoms with Gasteiger partial charge in [0.2, 0.25) is 0 Å². The zero-order valence-electron chi connectivity index (χ0n) is 5.81. The van der Waals surface area contributed by atoms with Crippen LogP contribution in [0.2, 0.25) is 0 Å². The Morgan fingerprint density at radius 2 is 2.36 bits per heavy atom. The van der Waals surface area contributed by atoms with Crippen molar-refractivity contribution < 1.29 is 0 Å². The Morgan fingerprint density at radius 3 is 3.36 bits per heavy atom. The van der Waals surface area contributed by atoms with Gasteiger partial charge in [-0.1, -0.05) is 0 Å². The topological polar surface area (TPSA) is 50.5 Å². The summed E-state index contributed by atoms with van der Waals surface area (Å²) < 4.78 is 0. The Labute approximate surface area is 63.1 Å². The van der Waals surface area contributed by atoms with Crippen molar-refractivity contribution in [1.29, 1.82) is 0 Å². The molecule has 0 fully saturated rings. The van der Waals surface area contributed by atoms with Crippen LogP contribution in [0.4, 0.5) is 0 Å². The molecule has 54 valence electrons. The highest BCUT2D eigenvalue weighted by Crippen LogP contribution is 1.76. The smallest absolute Gasteiger partial charge is 0.180 e. The lowest BCUT2D eigenvalue weighted by atomic mass is 10.6. The summed E-state index contributed by atoms with van der Waals surface area (Å²) in [7, 11) is 0. The van der Waals surface area contributed by atoms with E-state index in [0.717, 1.165) is 5.36 Å². The van der Waals surface area contributed by atoms with Crippen molar-refractivity contribution in [3.05, 3.63) is 35.6 Å². The molecule has 1 aromatic rings. The molecule has 0 radical (unpaired) electrons. The fraction of sp³-hybridized carbons (Fsp3) is 0.143. The molecule has 0 saturated carbocycles. The maximum absolute atomic E-state index is 4.18. The van der Waals surface area contributed by atoms with Crippen molar-refractivity contribution in [3.8, 4) is 0 Å². The maximum atomic E-state index is 4.18. The molecule has 0 unspecified atom stereocenters. The number of aromatic nitrogens is 2. The Bertz CT molecular complexity index is 393. The monoisotopic (exact) mass is 146 g/mol. The summed E-state index contributed by atoms with van der Waals surface area (Å²) in [6.07, 6.45) is 6.72. The lowest BCUT2D eigenvalue weighted by Crippen LogP contribution is -2.28. The van der Waals surface area contributed by atoms with E-state index in [0.29, 0.717) is 12.0 Å². The molecule has 11 heavy (non-hydrogen) atoms. The van der Waals surface area contributed by atoms with Crippen molar-refractivity contribution in [1.82, 2.24) is 9.97 Å². The van der Waals surface area contributed by atoms with Gasteiger partial charge in [0.25, 0.3) is 0 Å². The van der Waals surface area contributed by atoms with Gasteiger partial charge in [0, 0.05) is 6.20 Å². The van der Waals surface area contributed by atoms with Crippen LogP contribution >= 0.6 is 0 Å². The highest BCUT2D eigenvalue weighted by molar-refractivity contribution is 4.91. The first-order valence-corrected chi connectivity index (χ1v) is 3.30. The summed E-state index contributed by atoms with van der Waals surface area (Å²) in [5.41, 5.74) is 0.647. The molecule has 0 aliphatic carbocycles. The Hall–Kier alpha value is -1.58. The van der Waals surface area contributed by atoms with Crippen LogP contribution in [0, 0.1) is 0 Å². The van der Waals surface area contributed by atoms with Gasteiger partial charge in [-0.25, -0.2) is 15.0 Å². The van der Waals surface area contributed by atoms with E-state index in [2.05, 4.69) is 20.0 Å². The van der Waals surface area contributed by atoms with Gasteiger partial charge in [-0.15, -0.1) is 0 Å². The van der Waals surface area contributed by atoms with Crippen LogP contribution in [0.15, 0.2) is 34.8 Å². The Kier molecular flexibility index (Phi) is 1.44. The van der Waals surface area contributed by atoms with Gasteiger partial charge in [-0.2, -0.15) is 0 Å². The molecule has 1 aliphatic heterocycles. The van der Waals surface area contributed by atoms with E-state index in [4.69, 9.17) is 0 Å². The van der Waals surface area contributed by atoms with Crippen molar-refractivity contribution in [2.24, 2.45) is 9.98 Å². The average molecular weight is 146 g/mol. The molecule has 1 aromatic heterocycles. The van der Waals surface area contributed by atoms with Gasteiger partial charge in [0.15, 0.2) is 5.49 Å². The van der Waals surface area contributed by atoms with E-state index in [1.165, 1.54) is 6.33 Å². The fourth-order valence-electron chi connectivity index (χ4n) is 0.848. The highest BCUT2D eigenvalue weighted by atomic mass is 14.9. The largest absolute Gasteiger partial charge is 0.276 e. The second kappa shape index (κ2) is 2.57. The number of hydrogen-bond acceptors (Lipinski definition) is 4. The van der Waals surface area contributed by atoms with E-state index in [1.807, 2.05) is 6.08 Å². The molecule has 0 spiro atoms. The van der Waals surface area contributed by atoms with Gasteiger partial charge >= 0.3 is 0 Å². The number of nitrogens with zero attached hydrogens (tertiary/aromatic N) is 4. The molecular formula is C7H6N4. The predicted octanol–water partition coefficient (Wildman–Crippen LogP) is -0.757. The van der Waals surface area contributed by atoms with Crippen LogP contribution < -0.4 is 10.8 Å². The van der Waals surface area contributed by atoms with Crippen LogP contribution in [0.5, 0.6) is 0 Å². The summed E-state index contributed by atoms with van der Waals surface area (Å²) in [5.74, 6) is 0. The standard InChI is InChI=1S/C7H6N4/c1-2-9-6-4-8-5-11-7(6)10-3-1/h1,3-5H,2H2. The Morgan fingerprint density at radius 1 is 1.36 bits per heavy atom. The normalized spacial score (nSPS) is 14.2. The van der Waals surface area contributed by atoms with Crippen molar-refractivity contribution in [2.75, 3.05) is 6.54 Å². The van der Waals surface area contributed by atoms with E-state index in [1.54, 1.807) is 12.4 Å². The van der Waals surface area contributed by atoms with E-state index in [9.17, 15) is 0 Å². The van der Waals surface area contributed by atoms with Gasteiger partial charge in [-0.05, 0) is 6.08 Å². The molecule has 0 saturated heterocycles. The SMILES string of the molecule is C1=CN=c2ncncc2=NC1. The Balaban J connectivity index is 2.81. The molecule has 0 bridgehead atoms. The molecule has 0 atom stereocenters. The molecule has 2 rings (SSSR count). The van der Waals surface area contributed by atoms with Crippen molar-refractivity contribution >= 4 is 0 Å². The minimum absolute atomic E-state index is 0.647.